The summed E-state index contributed by atoms with van der Waals surface area (Å²) in [7, 11) is 1.54. The van der Waals surface area contributed by atoms with E-state index in [1.807, 2.05) is 0 Å². The highest BCUT2D eigenvalue weighted by Crippen LogP contribution is 2.24. The molecule has 0 radical (unpaired) electrons. The van der Waals surface area contributed by atoms with Gasteiger partial charge in [0.25, 0.3) is 5.92 Å². The third-order valence-corrected chi connectivity index (χ3v) is 1.18. The molecule has 1 atom stereocenters. The van der Waals surface area contributed by atoms with Crippen LogP contribution >= 0.6 is 0 Å². The van der Waals surface area contributed by atoms with Crippen molar-refractivity contribution in [1.82, 2.24) is 4.90 Å². The lowest BCUT2D eigenvalue weighted by Crippen LogP contribution is -2.21. The zero-order valence-electron chi connectivity index (χ0n) is 5.69. The van der Waals surface area contributed by atoms with Crippen LogP contribution in [0.15, 0.2) is 0 Å². The molecular formula is C5H9F2N. The molecule has 0 aliphatic carbocycles. The highest BCUT2D eigenvalue weighted by molar-refractivity contribution is 4.78. The van der Waals surface area contributed by atoms with E-state index in [1.54, 1.807) is 7.05 Å². The topological polar surface area (TPSA) is 3.24 Å². The molecule has 1 saturated heterocycles. The third-order valence-electron chi connectivity index (χ3n) is 1.18. The van der Waals surface area contributed by atoms with Crippen molar-refractivity contribution in [2.24, 2.45) is 0 Å². The van der Waals surface area contributed by atoms with E-state index in [9.17, 15) is 8.78 Å². The molecule has 3 heteroatoms. The molecule has 0 aromatic carbocycles. The Morgan fingerprint density at radius 3 is 2.50 bits per heavy atom. The van der Waals surface area contributed by atoms with Gasteiger partial charge in [0.2, 0.25) is 0 Å². The van der Waals surface area contributed by atoms with Crippen molar-refractivity contribution in [2.75, 3.05) is 20.1 Å². The molecule has 0 saturated carbocycles. The van der Waals surface area contributed by atoms with Crippen molar-refractivity contribution >= 4 is 0 Å². The molecule has 0 N–H and O–H groups in total. The van der Waals surface area contributed by atoms with Crippen LogP contribution in [0.5, 0.6) is 0 Å². The molecule has 0 bridgehead atoms. The maximum Gasteiger partial charge on any atom is 0.261 e. The zero-order chi connectivity index (χ0) is 7.07. The second kappa shape index (κ2) is 1.65. The summed E-state index contributed by atoms with van der Waals surface area (Å²) in [5, 5.41) is 0. The number of alkyl halides is 2. The molecule has 1 fully saturated rings. The van der Waals surface area contributed by atoms with Crippen molar-refractivity contribution in [3.05, 3.63) is 0 Å². The lowest BCUT2D eigenvalue weighted by Gasteiger charge is -2.06. The summed E-state index contributed by atoms with van der Waals surface area (Å²) in [6.07, 6.45) is -0.316. The van der Waals surface area contributed by atoms with Crippen molar-refractivity contribution in [3.8, 4) is 0 Å². The van der Waals surface area contributed by atoms with Gasteiger partial charge in [0.15, 0.2) is 0 Å². The Hall–Kier alpha value is -0.180. The monoisotopic (exact) mass is 122 g/mol. The van der Waals surface area contributed by atoms with Gasteiger partial charge in [-0.3, -0.25) is 0 Å². The molecular weight excluding hydrogens is 112 g/mol. The van der Waals surface area contributed by atoms with Gasteiger partial charge in [-0.1, -0.05) is 0 Å². The lowest BCUT2D eigenvalue weighted by atomic mass is 10.3. The van der Waals surface area contributed by atoms with Crippen molar-refractivity contribution in [2.45, 2.75) is 12.3 Å². The molecule has 1 unspecified atom stereocenters. The summed E-state index contributed by atoms with van der Waals surface area (Å²) >= 11 is 0. The first-order valence-electron chi connectivity index (χ1n) is 3.09. The molecule has 0 amide bonds. The summed E-state index contributed by atoms with van der Waals surface area (Å²) < 4.78 is 31.6. The first kappa shape index (κ1) is 4.68. The predicted octanol–water partition coefficient (Wildman–Crippen LogP) is 0.957. The number of likely N-dealkylation sites (tertiary alicyclic amines) is 1. The van der Waals surface area contributed by atoms with Crippen LogP contribution in [-0.4, -0.2) is 30.9 Å². The molecule has 48 valence electrons. The van der Waals surface area contributed by atoms with Gasteiger partial charge in [-0.05, 0) is 7.05 Å². The highest BCUT2D eigenvalue weighted by atomic mass is 19.3. The van der Waals surface area contributed by atoms with E-state index in [2.05, 4.69) is 0 Å². The van der Waals surface area contributed by atoms with E-state index in [0.717, 1.165) is 0 Å². The maximum absolute atomic E-state index is 12.3. The Balaban J connectivity index is 2.54. The van der Waals surface area contributed by atoms with E-state index in [0.29, 0.717) is 0 Å². The standard InChI is InChI=1S/C5H9F2N/c1-8-3-2-5(6,7)4-8/h2-4H2,1H3/i3D. The smallest absolute Gasteiger partial charge is 0.261 e. The van der Waals surface area contributed by atoms with Crippen LogP contribution in [0.2, 0.25) is 0 Å². The third kappa shape index (κ3) is 1.15. The van der Waals surface area contributed by atoms with E-state index in [1.165, 1.54) is 4.90 Å². The maximum atomic E-state index is 12.3. The minimum atomic E-state index is -2.62. The van der Waals surface area contributed by atoms with Gasteiger partial charge >= 0.3 is 0 Å². The second-order valence-electron chi connectivity index (χ2n) is 2.16. The van der Waals surface area contributed by atoms with Crippen LogP contribution in [-0.2, 0) is 0 Å². The number of hydrogen-bond donors (Lipinski definition) is 0. The largest absolute Gasteiger partial charge is 0.300 e. The number of halogens is 2. The number of nitrogens with zero attached hydrogens (tertiary/aromatic N) is 1. The molecule has 8 heavy (non-hydrogen) atoms. The fourth-order valence-electron chi connectivity index (χ4n) is 0.783. The second-order valence-corrected chi connectivity index (χ2v) is 2.16. The van der Waals surface area contributed by atoms with Crippen LogP contribution in [0.1, 0.15) is 7.79 Å². The Bertz CT molecular complexity index is 106. The molecule has 0 aromatic heterocycles. The van der Waals surface area contributed by atoms with Crippen LogP contribution in [0, 0.1) is 0 Å². The molecule has 0 aromatic rings. The van der Waals surface area contributed by atoms with E-state index < -0.39 is 12.4 Å². The van der Waals surface area contributed by atoms with Gasteiger partial charge in [-0.15, -0.1) is 0 Å². The summed E-state index contributed by atoms with van der Waals surface area (Å²) in [6.45, 7) is -0.971. The first-order chi connectivity index (χ1) is 4.01. The van der Waals surface area contributed by atoms with Gasteiger partial charge in [0.1, 0.15) is 0 Å². The average Bonchev–Trinajstić information content (AvgIpc) is 1.79. The van der Waals surface area contributed by atoms with Gasteiger partial charge in [0.05, 0.1) is 6.54 Å². The molecule has 0 spiro atoms. The molecule has 1 rings (SSSR count). The van der Waals surface area contributed by atoms with Crippen molar-refractivity contribution < 1.29 is 10.2 Å². The number of rotatable bonds is 0. The van der Waals surface area contributed by atoms with Crippen LogP contribution < -0.4 is 0 Å². The first-order valence-corrected chi connectivity index (χ1v) is 2.51. The minimum absolute atomic E-state index is 0.263. The SMILES string of the molecule is [2H]C1CC(F)(F)CN1C. The quantitative estimate of drug-likeness (QED) is 0.462. The predicted molar refractivity (Wildman–Crippen MR) is 27.1 cm³/mol. The highest BCUT2D eigenvalue weighted by Gasteiger charge is 2.35. The van der Waals surface area contributed by atoms with E-state index >= 15 is 0 Å². The fraction of sp³-hybridized carbons (Fsp3) is 1.00. The van der Waals surface area contributed by atoms with Gasteiger partial charge < -0.3 is 4.90 Å². The molecule has 1 heterocycles. The summed E-state index contributed by atoms with van der Waals surface area (Å²) in [5.74, 6) is -2.62. The summed E-state index contributed by atoms with van der Waals surface area (Å²) in [6, 6.07) is 0. The lowest BCUT2D eigenvalue weighted by molar-refractivity contribution is 0.0146. The normalized spacial score (nSPS) is 39.9. The Kier molecular flexibility index (Phi) is 0.966. The van der Waals surface area contributed by atoms with Crippen LogP contribution in [0.3, 0.4) is 0 Å². The van der Waals surface area contributed by atoms with Gasteiger partial charge in [0, 0.05) is 14.3 Å². The number of hydrogen-bond acceptors (Lipinski definition) is 1. The van der Waals surface area contributed by atoms with Gasteiger partial charge in [-0.2, -0.15) is 0 Å². The Morgan fingerprint density at radius 1 is 1.75 bits per heavy atom. The molecule has 1 aliphatic heterocycles. The van der Waals surface area contributed by atoms with Crippen molar-refractivity contribution in [1.29, 1.82) is 0 Å². The zero-order valence-corrected chi connectivity index (χ0v) is 4.69. The molecule has 1 nitrogen and oxygen atoms in total. The van der Waals surface area contributed by atoms with Crippen LogP contribution in [0.25, 0.3) is 0 Å². The fourth-order valence-corrected chi connectivity index (χ4v) is 0.783. The minimum Gasteiger partial charge on any atom is -0.300 e. The van der Waals surface area contributed by atoms with E-state index in [-0.39, 0.29) is 13.0 Å². The Labute approximate surface area is 48.7 Å². The molecule has 1 aliphatic rings. The summed E-state index contributed by atoms with van der Waals surface area (Å²) in [5.41, 5.74) is 0. The van der Waals surface area contributed by atoms with E-state index in [4.69, 9.17) is 1.37 Å². The Morgan fingerprint density at radius 2 is 2.38 bits per heavy atom. The van der Waals surface area contributed by atoms with Crippen molar-refractivity contribution in [3.63, 3.8) is 0 Å². The summed E-state index contributed by atoms with van der Waals surface area (Å²) in [4.78, 5) is 1.35. The average molecular weight is 122 g/mol. The van der Waals surface area contributed by atoms with Crippen LogP contribution in [0.4, 0.5) is 8.78 Å². The van der Waals surface area contributed by atoms with Gasteiger partial charge in [-0.25, -0.2) is 8.78 Å².